The maximum atomic E-state index is 9.34. The zero-order valence-electron chi connectivity index (χ0n) is 29.4. The van der Waals surface area contributed by atoms with Crippen LogP contribution in [0.4, 0.5) is 0 Å². The topological polar surface area (TPSA) is 82.9 Å². The first-order chi connectivity index (χ1) is 26.2. The molecule has 0 aliphatic heterocycles. The molecule has 3 heterocycles. The van der Waals surface area contributed by atoms with Crippen molar-refractivity contribution in [1.29, 1.82) is 0 Å². The summed E-state index contributed by atoms with van der Waals surface area (Å²) >= 11 is 0. The van der Waals surface area contributed by atoms with E-state index in [0.717, 1.165) is 69.4 Å². The molecule has 0 saturated heterocycles. The second-order valence-electron chi connectivity index (χ2n) is 13.0. The van der Waals surface area contributed by atoms with Crippen molar-refractivity contribution in [2.24, 2.45) is 0 Å². The van der Waals surface area contributed by atoms with Gasteiger partial charge in [0.25, 0.3) is 0 Å². The van der Waals surface area contributed by atoms with Gasteiger partial charge in [-0.15, -0.1) is 0 Å². The third kappa shape index (κ3) is 7.65. The van der Waals surface area contributed by atoms with Gasteiger partial charge < -0.3 is 9.84 Å². The highest BCUT2D eigenvalue weighted by atomic mass is 16.5. The van der Waals surface area contributed by atoms with Crippen LogP contribution in [0.15, 0.2) is 164 Å². The summed E-state index contributed by atoms with van der Waals surface area (Å²) in [4.78, 5) is 0. The lowest BCUT2D eigenvalue weighted by molar-refractivity contribution is 0.103. The van der Waals surface area contributed by atoms with Crippen molar-refractivity contribution in [2.45, 2.75) is 39.5 Å². The van der Waals surface area contributed by atoms with Gasteiger partial charge in [0.2, 0.25) is 0 Å². The molecular weight excluding hydrogens is 657 g/mol. The van der Waals surface area contributed by atoms with Gasteiger partial charge in [0.05, 0.1) is 73.1 Å². The number of rotatable bonds is 11. The summed E-state index contributed by atoms with van der Waals surface area (Å²) in [7, 11) is 0. The number of aliphatic hydroxyl groups is 1. The molecule has 6 aromatic carbocycles. The standard InChI is InChI=1S/C30H26N4O.C15H14N2O/c1-3-11-23(12-4-1)19-33-29-17-9-7-15-25(29)27(31-33)21-35-22-28-26-16-8-10-18-30(26)34(32-28)20-24-13-5-2-6-14-24;18-11-14-13-8-4-5-9-15(13)17(16-14)10-12-6-2-1-3-7-12/h1-18H,19-22H2;1-9,18H,10-11H2. The average Bonchev–Trinajstić information content (AvgIpc) is 3.87. The van der Waals surface area contributed by atoms with E-state index in [1.54, 1.807) is 0 Å². The number of fused-ring (bicyclic) bond motifs is 3. The van der Waals surface area contributed by atoms with Crippen molar-refractivity contribution in [3.63, 3.8) is 0 Å². The Hall–Kier alpha value is -6.35. The molecular formula is C45H40N6O2. The minimum absolute atomic E-state index is 0.0255. The summed E-state index contributed by atoms with van der Waals surface area (Å²) in [6, 6.07) is 55.7. The third-order valence-electron chi connectivity index (χ3n) is 9.36. The van der Waals surface area contributed by atoms with Gasteiger partial charge in [0.1, 0.15) is 0 Å². The van der Waals surface area contributed by atoms with Gasteiger partial charge in [0.15, 0.2) is 0 Å². The molecule has 0 saturated carbocycles. The summed E-state index contributed by atoms with van der Waals surface area (Å²) in [6.07, 6.45) is 0. The summed E-state index contributed by atoms with van der Waals surface area (Å²) in [6.45, 7) is 3.03. The number of nitrogens with zero attached hydrogens (tertiary/aromatic N) is 6. The fraction of sp³-hybridized carbons (Fsp3) is 0.133. The van der Waals surface area contributed by atoms with Crippen LogP contribution >= 0.6 is 0 Å². The summed E-state index contributed by atoms with van der Waals surface area (Å²) in [5.41, 5.74) is 9.59. The number of hydrogen-bond acceptors (Lipinski definition) is 5. The van der Waals surface area contributed by atoms with Gasteiger partial charge in [-0.05, 0) is 34.9 Å². The Morgan fingerprint density at radius 1 is 0.377 bits per heavy atom. The summed E-state index contributed by atoms with van der Waals surface area (Å²) < 4.78 is 12.3. The second-order valence-corrected chi connectivity index (χ2v) is 13.0. The molecule has 0 aliphatic carbocycles. The molecule has 0 amide bonds. The van der Waals surface area contributed by atoms with Crippen LogP contribution in [0, 0.1) is 0 Å². The molecule has 9 aromatic rings. The Morgan fingerprint density at radius 3 is 1.04 bits per heavy atom. The van der Waals surface area contributed by atoms with Gasteiger partial charge in [0, 0.05) is 16.2 Å². The molecule has 0 radical (unpaired) electrons. The third-order valence-corrected chi connectivity index (χ3v) is 9.36. The molecule has 0 spiro atoms. The van der Waals surface area contributed by atoms with E-state index in [1.165, 1.54) is 16.7 Å². The predicted molar refractivity (Wildman–Crippen MR) is 210 cm³/mol. The number of hydrogen-bond donors (Lipinski definition) is 1. The fourth-order valence-electron chi connectivity index (χ4n) is 6.79. The highest BCUT2D eigenvalue weighted by Gasteiger charge is 2.14. The highest BCUT2D eigenvalue weighted by Crippen LogP contribution is 2.24. The SMILES string of the molecule is OCc1nn(Cc2ccccc2)c2ccccc12.c1ccc(Cn2nc(COCc3nn(Cc4ccccc4)c4ccccc34)c3ccccc32)cc1. The number of benzene rings is 6. The smallest absolute Gasteiger partial charge is 0.0960 e. The Labute approximate surface area is 308 Å². The Kier molecular flexibility index (Phi) is 10.1. The Morgan fingerprint density at radius 2 is 0.679 bits per heavy atom. The van der Waals surface area contributed by atoms with E-state index in [0.29, 0.717) is 13.2 Å². The molecule has 0 bridgehead atoms. The van der Waals surface area contributed by atoms with Crippen molar-refractivity contribution in [1.82, 2.24) is 29.3 Å². The Balaban J connectivity index is 0.000000186. The van der Waals surface area contributed by atoms with Crippen LogP contribution in [-0.2, 0) is 44.2 Å². The minimum atomic E-state index is -0.0255. The first-order valence-electron chi connectivity index (χ1n) is 17.9. The monoisotopic (exact) mass is 696 g/mol. The van der Waals surface area contributed by atoms with Crippen LogP contribution < -0.4 is 0 Å². The molecule has 53 heavy (non-hydrogen) atoms. The maximum absolute atomic E-state index is 9.34. The van der Waals surface area contributed by atoms with Crippen LogP contribution in [0.5, 0.6) is 0 Å². The summed E-state index contributed by atoms with van der Waals surface area (Å²) in [5.74, 6) is 0. The number of para-hydroxylation sites is 3. The van der Waals surface area contributed by atoms with E-state index in [2.05, 4.69) is 124 Å². The molecule has 262 valence electrons. The van der Waals surface area contributed by atoms with Crippen molar-refractivity contribution < 1.29 is 9.84 Å². The van der Waals surface area contributed by atoms with Gasteiger partial charge in [-0.25, -0.2) is 0 Å². The molecule has 9 rings (SSSR count). The van der Waals surface area contributed by atoms with E-state index in [1.807, 2.05) is 59.3 Å². The van der Waals surface area contributed by atoms with Crippen molar-refractivity contribution >= 4 is 32.7 Å². The molecule has 1 N–H and O–H groups in total. The van der Waals surface area contributed by atoms with Crippen LogP contribution in [0.3, 0.4) is 0 Å². The van der Waals surface area contributed by atoms with Crippen LogP contribution in [0.1, 0.15) is 33.8 Å². The van der Waals surface area contributed by atoms with Gasteiger partial charge in [-0.3, -0.25) is 14.0 Å². The van der Waals surface area contributed by atoms with E-state index in [-0.39, 0.29) is 6.61 Å². The molecule has 0 aliphatic rings. The van der Waals surface area contributed by atoms with Crippen LogP contribution in [-0.4, -0.2) is 34.4 Å². The quantitative estimate of drug-likeness (QED) is 0.146. The van der Waals surface area contributed by atoms with E-state index >= 15 is 0 Å². The lowest BCUT2D eigenvalue weighted by Gasteiger charge is -2.03. The molecule has 0 unspecified atom stereocenters. The van der Waals surface area contributed by atoms with Crippen LogP contribution in [0.25, 0.3) is 32.7 Å². The van der Waals surface area contributed by atoms with E-state index < -0.39 is 0 Å². The minimum Gasteiger partial charge on any atom is -0.390 e. The molecule has 8 nitrogen and oxygen atoms in total. The average molecular weight is 697 g/mol. The van der Waals surface area contributed by atoms with Gasteiger partial charge in [-0.2, -0.15) is 15.3 Å². The predicted octanol–water partition coefficient (Wildman–Crippen LogP) is 8.78. The molecule has 0 fully saturated rings. The first-order valence-corrected chi connectivity index (χ1v) is 17.9. The van der Waals surface area contributed by atoms with Gasteiger partial charge in [-0.1, -0.05) is 146 Å². The lowest BCUT2D eigenvalue weighted by Crippen LogP contribution is -2.04. The van der Waals surface area contributed by atoms with Crippen molar-refractivity contribution in [3.05, 3.63) is 198 Å². The van der Waals surface area contributed by atoms with Crippen LogP contribution in [0.2, 0.25) is 0 Å². The molecule has 3 aromatic heterocycles. The first kappa shape index (κ1) is 33.8. The van der Waals surface area contributed by atoms with E-state index in [4.69, 9.17) is 14.9 Å². The molecule has 0 atom stereocenters. The maximum Gasteiger partial charge on any atom is 0.0960 e. The van der Waals surface area contributed by atoms with Crippen molar-refractivity contribution in [3.8, 4) is 0 Å². The number of aliphatic hydroxyl groups excluding tert-OH is 1. The van der Waals surface area contributed by atoms with Crippen molar-refractivity contribution in [2.75, 3.05) is 0 Å². The van der Waals surface area contributed by atoms with Gasteiger partial charge >= 0.3 is 0 Å². The summed E-state index contributed by atoms with van der Waals surface area (Å²) in [5, 5.41) is 26.9. The second kappa shape index (κ2) is 15.9. The normalized spacial score (nSPS) is 11.3. The highest BCUT2D eigenvalue weighted by molar-refractivity contribution is 5.83. The molecule has 8 heteroatoms. The lowest BCUT2D eigenvalue weighted by atomic mass is 10.2. The zero-order chi connectivity index (χ0) is 35.8. The zero-order valence-corrected chi connectivity index (χ0v) is 29.4. The fourth-order valence-corrected chi connectivity index (χ4v) is 6.79. The van der Waals surface area contributed by atoms with E-state index in [9.17, 15) is 5.11 Å². The number of ether oxygens (including phenoxy) is 1. The Bertz CT molecular complexity index is 2440. The number of aromatic nitrogens is 6. The largest absolute Gasteiger partial charge is 0.390 e.